The summed E-state index contributed by atoms with van der Waals surface area (Å²) in [5.41, 5.74) is 5.67. The molecule has 2 unspecified atom stereocenters. The van der Waals surface area contributed by atoms with Gasteiger partial charge < -0.3 is 29.7 Å². The van der Waals surface area contributed by atoms with Crippen molar-refractivity contribution in [3.05, 3.63) is 0 Å². The number of likely N-dealkylation sites (tertiary alicyclic amines) is 1. The van der Waals surface area contributed by atoms with E-state index in [0.717, 1.165) is 43.4 Å². The Kier molecular flexibility index (Phi) is 35.1. The molecule has 0 aromatic carbocycles. The van der Waals surface area contributed by atoms with Crippen LogP contribution in [0.25, 0.3) is 0 Å². The quantitative estimate of drug-likeness (QED) is 0.0112. The van der Waals surface area contributed by atoms with Crippen LogP contribution in [-0.2, 0) is 47.3 Å². The predicted molar refractivity (Wildman–Crippen MR) is 245 cm³/mol. The van der Waals surface area contributed by atoms with Crippen molar-refractivity contribution >= 4 is 37.5 Å². The van der Waals surface area contributed by atoms with Crippen LogP contribution in [0.1, 0.15) is 226 Å². The van der Waals surface area contributed by atoms with Crippen LogP contribution < -0.4 is 11.1 Å². The minimum absolute atomic E-state index is 0.0480. The Bertz CT molecular complexity index is 1280. The van der Waals surface area contributed by atoms with Gasteiger partial charge in [-0.2, -0.15) is 0 Å². The summed E-state index contributed by atoms with van der Waals surface area (Å²) in [5, 5.41) is 2.59. The number of carbonyl (C=O) groups excluding carboxylic acids is 5. The number of amides is 2. The molecule has 2 amide bonds. The summed E-state index contributed by atoms with van der Waals surface area (Å²) in [6.07, 6.45) is 29.1. The Morgan fingerprint density at radius 1 is 0.667 bits per heavy atom. The minimum Gasteiger partial charge on any atom is -0.462 e. The average Bonchev–Trinajstić information content (AvgIpc) is 3.50. The molecule has 0 aliphatic carbocycles. The highest BCUT2D eigenvalue weighted by atomic mass is 31.2. The first-order chi connectivity index (χ1) is 30.3. The fraction of sp³-hybridized carbons (Fsp3) is 0.894. The number of nitrogens with zero attached hydrogens (tertiary/aromatic N) is 1. The normalized spacial score (nSPS) is 15.7. The molecule has 1 heterocycles. The summed E-state index contributed by atoms with van der Waals surface area (Å²) in [6, 6.07) is -2.53. The number of ether oxygens (including phenoxy) is 3. The van der Waals surface area contributed by atoms with Gasteiger partial charge in [-0.05, 0) is 45.6 Å². The summed E-state index contributed by atoms with van der Waals surface area (Å²) >= 11 is 0. The van der Waals surface area contributed by atoms with Crippen LogP contribution >= 0.6 is 7.82 Å². The number of hydrogen-bond donors (Lipinski definition) is 4. The molecule has 1 fully saturated rings. The van der Waals surface area contributed by atoms with Gasteiger partial charge in [-0.1, -0.05) is 168 Å². The first-order valence-electron chi connectivity index (χ1n) is 24.9. The number of rotatable bonds is 43. The van der Waals surface area contributed by atoms with Crippen molar-refractivity contribution in [1.82, 2.24) is 10.2 Å². The summed E-state index contributed by atoms with van der Waals surface area (Å²) < 4.78 is 32.6. The summed E-state index contributed by atoms with van der Waals surface area (Å²) in [5.74, 6) is -3.32. The third-order valence-electron chi connectivity index (χ3n) is 11.5. The van der Waals surface area contributed by atoms with Crippen LogP contribution in [0.4, 0.5) is 0 Å². The molecule has 5 N–H and O–H groups in total. The molecule has 1 rings (SSSR count). The van der Waals surface area contributed by atoms with Crippen molar-refractivity contribution in [2.45, 2.75) is 251 Å². The van der Waals surface area contributed by atoms with E-state index in [1.165, 1.54) is 122 Å². The number of esters is 3. The van der Waals surface area contributed by atoms with E-state index in [2.05, 4.69) is 23.7 Å². The van der Waals surface area contributed by atoms with Crippen LogP contribution in [0.15, 0.2) is 0 Å². The van der Waals surface area contributed by atoms with E-state index in [1.54, 1.807) is 0 Å². The molecule has 0 aromatic rings. The molecule has 63 heavy (non-hydrogen) atoms. The highest BCUT2D eigenvalue weighted by molar-refractivity contribution is 7.46. The molecular formula is C47H88N3O12P. The fourth-order valence-corrected chi connectivity index (χ4v) is 8.40. The van der Waals surface area contributed by atoms with Gasteiger partial charge in [-0.15, -0.1) is 0 Å². The number of nitrogens with one attached hydrogen (secondary N) is 1. The van der Waals surface area contributed by atoms with Crippen LogP contribution in [0.3, 0.4) is 0 Å². The largest absolute Gasteiger partial charge is 0.471 e. The third-order valence-corrected chi connectivity index (χ3v) is 12.1. The molecule has 1 aliphatic heterocycles. The lowest BCUT2D eigenvalue weighted by atomic mass is 10.0. The lowest BCUT2D eigenvalue weighted by Gasteiger charge is -2.26. The van der Waals surface area contributed by atoms with Gasteiger partial charge in [-0.25, -0.2) is 9.36 Å². The lowest BCUT2D eigenvalue weighted by Crippen LogP contribution is -2.49. The second-order valence-electron chi connectivity index (χ2n) is 17.5. The van der Waals surface area contributed by atoms with E-state index in [-0.39, 0.29) is 32.3 Å². The second kappa shape index (κ2) is 37.8. The lowest BCUT2D eigenvalue weighted by molar-refractivity contribution is -0.170. The van der Waals surface area contributed by atoms with Crippen LogP contribution in [0.2, 0.25) is 0 Å². The molecule has 4 atom stereocenters. The number of phosphoric acid groups is 1. The van der Waals surface area contributed by atoms with Crippen molar-refractivity contribution < 1.29 is 57.1 Å². The van der Waals surface area contributed by atoms with Crippen molar-refractivity contribution in [2.75, 3.05) is 19.8 Å². The van der Waals surface area contributed by atoms with Gasteiger partial charge in [0.25, 0.3) is 0 Å². The van der Waals surface area contributed by atoms with Gasteiger partial charge in [-0.3, -0.25) is 33.9 Å². The highest BCUT2D eigenvalue weighted by Gasteiger charge is 2.46. The fourth-order valence-electron chi connectivity index (χ4n) is 7.93. The van der Waals surface area contributed by atoms with Crippen molar-refractivity contribution in [3.8, 4) is 0 Å². The van der Waals surface area contributed by atoms with Gasteiger partial charge in [0.2, 0.25) is 11.8 Å². The maximum absolute atomic E-state index is 13.6. The Balaban J connectivity index is 2.73. The van der Waals surface area contributed by atoms with Crippen LogP contribution in [0, 0.1) is 0 Å². The molecule has 0 spiro atoms. The smallest absolute Gasteiger partial charge is 0.462 e. The van der Waals surface area contributed by atoms with E-state index in [1.807, 2.05) is 0 Å². The SMILES string of the molecule is CCCCCCCCCCCCCCCC(=O)OC[C@H](COC(=O)[C@H](CCCCN)N1C(=O)CC(NC(C)OP(=O)(O)O)C1=O)OC(=O)CCCCCCCCCCCCCCC. The Labute approximate surface area is 380 Å². The summed E-state index contributed by atoms with van der Waals surface area (Å²) in [7, 11) is -4.89. The molecule has 15 nitrogen and oxygen atoms in total. The molecule has 1 aliphatic rings. The van der Waals surface area contributed by atoms with Gasteiger partial charge in [0, 0.05) is 12.8 Å². The van der Waals surface area contributed by atoms with E-state index in [9.17, 15) is 28.5 Å². The third kappa shape index (κ3) is 31.2. The number of phosphoric ester groups is 1. The number of unbranched alkanes of at least 4 members (excludes halogenated alkanes) is 25. The highest BCUT2D eigenvalue weighted by Crippen LogP contribution is 2.37. The Morgan fingerprint density at radius 2 is 1.10 bits per heavy atom. The number of imide groups is 1. The van der Waals surface area contributed by atoms with Crippen LogP contribution in [-0.4, -0.2) is 88.6 Å². The van der Waals surface area contributed by atoms with E-state index >= 15 is 0 Å². The zero-order valence-electron chi connectivity index (χ0n) is 39.5. The molecule has 0 radical (unpaired) electrons. The number of hydrogen-bond acceptors (Lipinski definition) is 12. The predicted octanol–water partition coefficient (Wildman–Crippen LogP) is 9.62. The van der Waals surface area contributed by atoms with Crippen molar-refractivity contribution in [2.24, 2.45) is 5.73 Å². The maximum Gasteiger partial charge on any atom is 0.471 e. The van der Waals surface area contributed by atoms with Crippen LogP contribution in [0.5, 0.6) is 0 Å². The minimum atomic E-state index is -4.89. The molecule has 16 heteroatoms. The molecule has 0 aromatic heterocycles. The molecular weight excluding hydrogens is 829 g/mol. The topological polar surface area (TPSA) is 221 Å². The van der Waals surface area contributed by atoms with Gasteiger partial charge >= 0.3 is 25.7 Å². The number of carbonyl (C=O) groups is 5. The van der Waals surface area contributed by atoms with Gasteiger partial charge in [0.1, 0.15) is 25.5 Å². The van der Waals surface area contributed by atoms with E-state index < -0.39 is 68.6 Å². The Morgan fingerprint density at radius 3 is 1.54 bits per heavy atom. The Hall–Kier alpha value is -2.42. The molecule has 1 saturated heterocycles. The second-order valence-corrected chi connectivity index (χ2v) is 18.7. The number of nitrogens with two attached hydrogens (primary N) is 1. The zero-order chi connectivity index (χ0) is 46.6. The zero-order valence-corrected chi connectivity index (χ0v) is 40.4. The van der Waals surface area contributed by atoms with E-state index in [4.69, 9.17) is 29.7 Å². The van der Waals surface area contributed by atoms with Crippen molar-refractivity contribution in [3.63, 3.8) is 0 Å². The summed E-state index contributed by atoms with van der Waals surface area (Å²) in [4.78, 5) is 84.9. The molecule has 368 valence electrons. The standard InChI is InChI=1S/C47H88N3O12P/c1-4-6-8-10-12-14-16-18-20-22-24-26-28-33-44(52)59-37-40(61-45(53)34-29-27-25-23-21-19-17-15-13-11-9-7-5-2)38-60-47(55)42(32-30-31-35-48)50-43(51)36-41(46(50)54)49-39(3)62-63(56,57)58/h39-42,49H,4-38,48H2,1-3H3,(H2,56,57,58)/t39?,40-,41?,42+/m1/s1. The first-order valence-corrected chi connectivity index (χ1v) is 26.4. The first kappa shape index (κ1) is 58.6. The van der Waals surface area contributed by atoms with Gasteiger partial charge in [0.15, 0.2) is 6.10 Å². The average molecular weight is 918 g/mol. The van der Waals surface area contributed by atoms with Gasteiger partial charge in [0.05, 0.1) is 12.5 Å². The van der Waals surface area contributed by atoms with Crippen molar-refractivity contribution in [1.29, 1.82) is 0 Å². The maximum atomic E-state index is 13.6. The summed E-state index contributed by atoms with van der Waals surface area (Å²) in [6.45, 7) is 5.27. The molecule has 0 bridgehead atoms. The monoisotopic (exact) mass is 918 g/mol. The van der Waals surface area contributed by atoms with E-state index in [0.29, 0.717) is 32.2 Å². The molecule has 0 saturated carbocycles.